The molecule has 0 spiro atoms. The highest BCUT2D eigenvalue weighted by atomic mass is 19.1. The number of benzene rings is 1. The van der Waals surface area contributed by atoms with Crippen LogP contribution in [0.5, 0.6) is 5.75 Å². The maximum Gasteiger partial charge on any atom is 0.335 e. The summed E-state index contributed by atoms with van der Waals surface area (Å²) >= 11 is 0. The molecule has 2 aromatic rings. The molecule has 0 unspecified atom stereocenters. The standard InChI is InChI=1S/C12H9FN2O4/c1-19-9-5-3-2-4-7(9)11(17)15-6-8(13)10(16)14-12(15)18/h2-6H,1H3,(H,14,16,18). The van der Waals surface area contributed by atoms with E-state index >= 15 is 0 Å². The zero-order valence-electron chi connectivity index (χ0n) is 9.84. The van der Waals surface area contributed by atoms with Gasteiger partial charge in [-0.05, 0) is 12.1 Å². The SMILES string of the molecule is COc1ccccc1C(=O)n1cc(F)c(=O)[nH]c1=O. The Kier molecular flexibility index (Phi) is 3.28. The topological polar surface area (TPSA) is 81.2 Å². The molecule has 1 heterocycles. The minimum atomic E-state index is -1.22. The Hall–Kier alpha value is -2.70. The molecule has 0 bridgehead atoms. The molecule has 0 aliphatic heterocycles. The lowest BCUT2D eigenvalue weighted by Gasteiger charge is -2.08. The molecule has 98 valence electrons. The molecule has 7 heteroatoms. The van der Waals surface area contributed by atoms with Crippen molar-refractivity contribution in [2.24, 2.45) is 0 Å². The lowest BCUT2D eigenvalue weighted by Crippen LogP contribution is -2.35. The van der Waals surface area contributed by atoms with Crippen molar-refractivity contribution in [3.63, 3.8) is 0 Å². The highest BCUT2D eigenvalue weighted by molar-refractivity contribution is 5.98. The second kappa shape index (κ2) is 4.89. The number of carbonyl (C=O) groups is 1. The van der Waals surface area contributed by atoms with Gasteiger partial charge in [-0.3, -0.25) is 14.6 Å². The Labute approximate surface area is 106 Å². The monoisotopic (exact) mass is 264 g/mol. The Bertz CT molecular complexity index is 748. The third kappa shape index (κ3) is 2.30. The van der Waals surface area contributed by atoms with Crippen LogP contribution in [-0.2, 0) is 0 Å². The molecule has 0 radical (unpaired) electrons. The minimum absolute atomic E-state index is 0.0820. The molecule has 0 atom stereocenters. The van der Waals surface area contributed by atoms with Gasteiger partial charge in [0, 0.05) is 0 Å². The van der Waals surface area contributed by atoms with Crippen LogP contribution in [-0.4, -0.2) is 22.6 Å². The van der Waals surface area contributed by atoms with Gasteiger partial charge >= 0.3 is 5.69 Å². The second-order valence-electron chi connectivity index (χ2n) is 3.61. The van der Waals surface area contributed by atoms with E-state index in [9.17, 15) is 18.8 Å². The average Bonchev–Trinajstić information content (AvgIpc) is 2.42. The van der Waals surface area contributed by atoms with Crippen LogP contribution in [0.15, 0.2) is 40.1 Å². The predicted octanol–water partition coefficient (Wildman–Crippen LogP) is 0.373. The largest absolute Gasteiger partial charge is 0.496 e. The smallest absolute Gasteiger partial charge is 0.335 e. The van der Waals surface area contributed by atoms with Gasteiger partial charge in [-0.2, -0.15) is 4.39 Å². The van der Waals surface area contributed by atoms with Crippen molar-refractivity contribution < 1.29 is 13.9 Å². The first-order valence-electron chi connectivity index (χ1n) is 5.24. The maximum absolute atomic E-state index is 13.1. The third-order valence-electron chi connectivity index (χ3n) is 2.45. The fourth-order valence-corrected chi connectivity index (χ4v) is 1.55. The number of hydrogen-bond acceptors (Lipinski definition) is 4. The van der Waals surface area contributed by atoms with Gasteiger partial charge in [0.1, 0.15) is 5.75 Å². The fourth-order valence-electron chi connectivity index (χ4n) is 1.55. The van der Waals surface area contributed by atoms with Gasteiger partial charge in [0.25, 0.3) is 11.5 Å². The van der Waals surface area contributed by atoms with Gasteiger partial charge in [-0.15, -0.1) is 0 Å². The number of aromatic nitrogens is 2. The summed E-state index contributed by atoms with van der Waals surface area (Å²) in [6.45, 7) is 0. The molecule has 0 aliphatic rings. The van der Waals surface area contributed by atoms with E-state index in [-0.39, 0.29) is 11.3 Å². The van der Waals surface area contributed by atoms with E-state index in [4.69, 9.17) is 4.74 Å². The predicted molar refractivity (Wildman–Crippen MR) is 64.0 cm³/mol. The molecular formula is C12H9FN2O4. The summed E-state index contributed by atoms with van der Waals surface area (Å²) in [5.74, 6) is -1.77. The Morgan fingerprint density at radius 1 is 1.32 bits per heavy atom. The number of halogens is 1. The second-order valence-corrected chi connectivity index (χ2v) is 3.61. The normalized spacial score (nSPS) is 10.2. The van der Waals surface area contributed by atoms with E-state index in [1.165, 1.54) is 19.2 Å². The number of aromatic amines is 1. The van der Waals surface area contributed by atoms with Crippen LogP contribution in [0.4, 0.5) is 4.39 Å². The van der Waals surface area contributed by atoms with Gasteiger partial charge in [-0.25, -0.2) is 9.36 Å². The van der Waals surface area contributed by atoms with E-state index in [2.05, 4.69) is 0 Å². The number of hydrogen-bond donors (Lipinski definition) is 1. The number of methoxy groups -OCH3 is 1. The number of rotatable bonds is 2. The molecule has 2 rings (SSSR count). The first kappa shape index (κ1) is 12.7. The highest BCUT2D eigenvalue weighted by Gasteiger charge is 2.16. The van der Waals surface area contributed by atoms with E-state index in [1.54, 1.807) is 17.1 Å². The number of nitrogens with one attached hydrogen (secondary N) is 1. The van der Waals surface area contributed by atoms with Crippen LogP contribution in [0.3, 0.4) is 0 Å². The van der Waals surface area contributed by atoms with Crippen molar-refractivity contribution >= 4 is 5.91 Å². The quantitative estimate of drug-likeness (QED) is 0.849. The van der Waals surface area contributed by atoms with E-state index in [0.29, 0.717) is 10.8 Å². The maximum atomic E-state index is 13.1. The Morgan fingerprint density at radius 3 is 2.68 bits per heavy atom. The van der Waals surface area contributed by atoms with Crippen LogP contribution in [0.25, 0.3) is 0 Å². The number of ether oxygens (including phenoxy) is 1. The highest BCUT2D eigenvalue weighted by Crippen LogP contribution is 2.17. The Morgan fingerprint density at radius 2 is 2.00 bits per heavy atom. The van der Waals surface area contributed by atoms with Gasteiger partial charge in [0.15, 0.2) is 0 Å². The van der Waals surface area contributed by atoms with Crippen LogP contribution < -0.4 is 16.0 Å². The average molecular weight is 264 g/mol. The van der Waals surface area contributed by atoms with Gasteiger partial charge < -0.3 is 4.74 Å². The van der Waals surface area contributed by atoms with Gasteiger partial charge in [-0.1, -0.05) is 12.1 Å². The molecule has 0 saturated carbocycles. The summed E-state index contributed by atoms with van der Waals surface area (Å²) in [7, 11) is 1.36. The van der Waals surface area contributed by atoms with Crippen molar-refractivity contribution in [3.8, 4) is 5.75 Å². The van der Waals surface area contributed by atoms with Crippen LogP contribution >= 0.6 is 0 Å². The van der Waals surface area contributed by atoms with Gasteiger partial charge in [0.2, 0.25) is 5.82 Å². The molecule has 1 N–H and O–H groups in total. The summed E-state index contributed by atoms with van der Waals surface area (Å²) in [5.41, 5.74) is -2.10. The summed E-state index contributed by atoms with van der Waals surface area (Å²) in [5, 5.41) is 0. The molecule has 0 saturated heterocycles. The molecule has 0 amide bonds. The molecule has 0 aliphatic carbocycles. The van der Waals surface area contributed by atoms with Crippen molar-refractivity contribution in [1.82, 2.24) is 9.55 Å². The van der Waals surface area contributed by atoms with Crippen LogP contribution in [0.1, 0.15) is 10.4 Å². The minimum Gasteiger partial charge on any atom is -0.496 e. The van der Waals surface area contributed by atoms with Crippen molar-refractivity contribution in [2.75, 3.05) is 7.11 Å². The summed E-state index contributed by atoms with van der Waals surface area (Å²) in [6.07, 6.45) is 0.552. The summed E-state index contributed by atoms with van der Waals surface area (Å²) in [6, 6.07) is 6.17. The van der Waals surface area contributed by atoms with Crippen molar-refractivity contribution in [1.29, 1.82) is 0 Å². The molecular weight excluding hydrogens is 255 g/mol. The number of nitrogens with zero attached hydrogens (tertiary/aromatic N) is 1. The molecule has 1 aromatic carbocycles. The molecule has 6 nitrogen and oxygen atoms in total. The van der Waals surface area contributed by atoms with E-state index < -0.39 is 23.0 Å². The summed E-state index contributed by atoms with van der Waals surface area (Å²) < 4.78 is 18.6. The Balaban J connectivity index is 2.60. The number of carbonyl (C=O) groups excluding carboxylic acids is 1. The van der Waals surface area contributed by atoms with E-state index in [0.717, 1.165) is 0 Å². The fraction of sp³-hybridized carbons (Fsp3) is 0.0833. The number of para-hydroxylation sites is 1. The van der Waals surface area contributed by atoms with Crippen molar-refractivity contribution in [2.45, 2.75) is 0 Å². The lowest BCUT2D eigenvalue weighted by atomic mass is 10.2. The van der Waals surface area contributed by atoms with E-state index in [1.807, 2.05) is 0 Å². The molecule has 19 heavy (non-hydrogen) atoms. The van der Waals surface area contributed by atoms with Crippen molar-refractivity contribution in [3.05, 3.63) is 62.7 Å². The van der Waals surface area contributed by atoms with Crippen LogP contribution in [0, 0.1) is 5.82 Å². The zero-order chi connectivity index (χ0) is 14.0. The first-order chi connectivity index (χ1) is 9.04. The summed E-state index contributed by atoms with van der Waals surface area (Å²) in [4.78, 5) is 36.2. The lowest BCUT2D eigenvalue weighted by molar-refractivity contribution is 0.0949. The van der Waals surface area contributed by atoms with Gasteiger partial charge in [0.05, 0.1) is 18.9 Å². The van der Waals surface area contributed by atoms with Crippen LogP contribution in [0.2, 0.25) is 0 Å². The third-order valence-corrected chi connectivity index (χ3v) is 2.45. The molecule has 0 fully saturated rings. The zero-order valence-corrected chi connectivity index (χ0v) is 9.84. The molecule has 1 aromatic heterocycles. The number of H-pyrrole nitrogens is 1. The first-order valence-corrected chi connectivity index (χ1v) is 5.24.